The van der Waals surface area contributed by atoms with Crippen LogP contribution in [0.1, 0.15) is 0 Å². The van der Waals surface area contributed by atoms with E-state index in [4.69, 9.17) is 11.6 Å². The molecule has 7 heteroatoms. The van der Waals surface area contributed by atoms with Gasteiger partial charge in [-0.3, -0.25) is 14.1 Å². The zero-order valence-corrected chi connectivity index (χ0v) is 11.3. The van der Waals surface area contributed by atoms with Gasteiger partial charge in [-0.2, -0.15) is 5.10 Å². The number of hydrogen-bond acceptors (Lipinski definition) is 4. The molecule has 3 aromatic heterocycles. The summed E-state index contributed by atoms with van der Waals surface area (Å²) in [5.74, 6) is 0.615. The topological polar surface area (TPSA) is 60.9 Å². The van der Waals surface area contributed by atoms with Gasteiger partial charge in [0.25, 0.3) is 0 Å². The van der Waals surface area contributed by atoms with E-state index in [1.54, 1.807) is 16.8 Å². The highest BCUT2D eigenvalue weighted by atomic mass is 35.5. The second kappa shape index (κ2) is 4.01. The van der Waals surface area contributed by atoms with E-state index < -0.39 is 0 Å². The minimum atomic E-state index is 0.456. The molecule has 0 aliphatic heterocycles. The molecule has 6 nitrogen and oxygen atoms in total. The normalized spacial score (nSPS) is 11.5. The Kier molecular flexibility index (Phi) is 2.28. The van der Waals surface area contributed by atoms with Crippen LogP contribution in [-0.4, -0.2) is 29.4 Å². The summed E-state index contributed by atoms with van der Waals surface area (Å²) in [7, 11) is 1.90. The first kappa shape index (κ1) is 11.4. The first-order valence-electron chi connectivity index (χ1n) is 6.02. The van der Waals surface area contributed by atoms with E-state index >= 15 is 0 Å². The third-order valence-corrected chi connectivity index (χ3v) is 3.51. The average Bonchev–Trinajstić information content (AvgIpc) is 3.02. The van der Waals surface area contributed by atoms with Crippen molar-refractivity contribution in [2.45, 2.75) is 0 Å². The van der Waals surface area contributed by atoms with Gasteiger partial charge in [0.15, 0.2) is 11.5 Å². The van der Waals surface area contributed by atoms with Crippen molar-refractivity contribution in [3.8, 4) is 11.5 Å². The predicted molar refractivity (Wildman–Crippen MR) is 75.5 cm³/mol. The van der Waals surface area contributed by atoms with E-state index in [0.717, 1.165) is 16.6 Å². The van der Waals surface area contributed by atoms with Crippen molar-refractivity contribution in [2.24, 2.45) is 7.05 Å². The van der Waals surface area contributed by atoms with E-state index in [0.29, 0.717) is 16.6 Å². The van der Waals surface area contributed by atoms with Crippen LogP contribution < -0.4 is 0 Å². The average molecular weight is 285 g/mol. The lowest BCUT2D eigenvalue weighted by Crippen LogP contribution is -1.94. The second-order valence-corrected chi connectivity index (χ2v) is 4.82. The fourth-order valence-electron chi connectivity index (χ4n) is 2.35. The maximum absolute atomic E-state index is 6.20. The van der Waals surface area contributed by atoms with Crippen molar-refractivity contribution in [3.63, 3.8) is 0 Å². The second-order valence-electron chi connectivity index (χ2n) is 4.44. The Balaban J connectivity index is 2.12. The summed E-state index contributed by atoms with van der Waals surface area (Å²) in [6, 6.07) is 7.97. The van der Waals surface area contributed by atoms with E-state index in [2.05, 4.69) is 20.3 Å². The molecule has 0 spiro atoms. The molecule has 0 bridgehead atoms. The molecule has 98 valence electrons. The number of aryl methyl sites for hydroxylation is 1. The van der Waals surface area contributed by atoms with Crippen molar-refractivity contribution >= 4 is 28.2 Å². The summed E-state index contributed by atoms with van der Waals surface area (Å²) in [4.78, 5) is 4.01. The zero-order valence-electron chi connectivity index (χ0n) is 10.5. The molecular weight excluding hydrogens is 276 g/mol. The van der Waals surface area contributed by atoms with Gasteiger partial charge in [-0.1, -0.05) is 29.8 Å². The van der Waals surface area contributed by atoms with Crippen LogP contribution in [0.2, 0.25) is 5.15 Å². The molecule has 0 atom stereocenters. The van der Waals surface area contributed by atoms with Crippen molar-refractivity contribution in [1.82, 2.24) is 29.4 Å². The minimum Gasteiger partial charge on any atom is -0.267 e. The van der Waals surface area contributed by atoms with Gasteiger partial charge >= 0.3 is 0 Å². The van der Waals surface area contributed by atoms with E-state index in [1.165, 1.54) is 0 Å². The summed E-state index contributed by atoms with van der Waals surface area (Å²) in [6.07, 6.45) is 3.18. The smallest absolute Gasteiger partial charge is 0.190 e. The highest BCUT2D eigenvalue weighted by Crippen LogP contribution is 2.27. The van der Waals surface area contributed by atoms with Crippen LogP contribution in [0.25, 0.3) is 28.1 Å². The molecule has 0 unspecified atom stereocenters. The molecule has 0 aliphatic carbocycles. The van der Waals surface area contributed by atoms with Gasteiger partial charge in [-0.15, -0.1) is 10.2 Å². The molecule has 0 saturated heterocycles. The van der Waals surface area contributed by atoms with Crippen molar-refractivity contribution in [3.05, 3.63) is 41.8 Å². The summed E-state index contributed by atoms with van der Waals surface area (Å²) in [5.41, 5.74) is 2.38. The van der Waals surface area contributed by atoms with E-state index in [1.807, 2.05) is 36.0 Å². The number of rotatable bonds is 1. The lowest BCUT2D eigenvalue weighted by Gasteiger charge is -1.99. The predicted octanol–water partition coefficient (Wildman–Crippen LogP) is 2.33. The van der Waals surface area contributed by atoms with Crippen LogP contribution in [0, 0.1) is 0 Å². The SMILES string of the molecule is Cn1nc(-c2nnc3cncc(Cl)n23)c2ccccc21. The molecule has 4 rings (SSSR count). The number of nitrogens with zero attached hydrogens (tertiary/aromatic N) is 6. The Bertz CT molecular complexity index is 938. The number of aromatic nitrogens is 6. The van der Waals surface area contributed by atoms with Gasteiger partial charge in [0.2, 0.25) is 0 Å². The lowest BCUT2D eigenvalue weighted by atomic mass is 10.2. The summed E-state index contributed by atoms with van der Waals surface area (Å²) in [5, 5.41) is 14.3. The number of benzene rings is 1. The Morgan fingerprint density at radius 2 is 1.95 bits per heavy atom. The molecule has 0 fully saturated rings. The molecule has 0 radical (unpaired) electrons. The first-order valence-corrected chi connectivity index (χ1v) is 6.40. The van der Waals surface area contributed by atoms with E-state index in [9.17, 15) is 0 Å². The number of hydrogen-bond donors (Lipinski definition) is 0. The molecule has 0 amide bonds. The van der Waals surface area contributed by atoms with Crippen molar-refractivity contribution in [1.29, 1.82) is 0 Å². The van der Waals surface area contributed by atoms with Gasteiger partial charge in [-0.05, 0) is 6.07 Å². The third kappa shape index (κ3) is 1.45. The molecule has 1 aromatic carbocycles. The van der Waals surface area contributed by atoms with Crippen LogP contribution in [0.4, 0.5) is 0 Å². The number of para-hydroxylation sites is 1. The first-order chi connectivity index (χ1) is 9.75. The standard InChI is InChI=1S/C13H9ClN6/c1-19-9-5-3-2-4-8(9)12(18-19)13-17-16-11-7-15-6-10(14)20(11)13/h2-7H,1H3. The van der Waals surface area contributed by atoms with Gasteiger partial charge in [0.1, 0.15) is 10.8 Å². The maximum atomic E-state index is 6.20. The van der Waals surface area contributed by atoms with Crippen LogP contribution in [0.3, 0.4) is 0 Å². The Hall–Kier alpha value is -2.47. The van der Waals surface area contributed by atoms with Gasteiger partial charge in [-0.25, -0.2) is 0 Å². The maximum Gasteiger partial charge on any atom is 0.190 e. The van der Waals surface area contributed by atoms with Crippen LogP contribution in [-0.2, 0) is 7.05 Å². The van der Waals surface area contributed by atoms with Crippen LogP contribution in [0.5, 0.6) is 0 Å². The van der Waals surface area contributed by atoms with Crippen molar-refractivity contribution < 1.29 is 0 Å². The Morgan fingerprint density at radius 3 is 2.85 bits per heavy atom. The Morgan fingerprint density at radius 1 is 1.10 bits per heavy atom. The summed E-state index contributed by atoms with van der Waals surface area (Å²) < 4.78 is 3.56. The summed E-state index contributed by atoms with van der Waals surface area (Å²) in [6.45, 7) is 0. The zero-order chi connectivity index (χ0) is 13.7. The Labute approximate surface area is 118 Å². The molecule has 4 aromatic rings. The highest BCUT2D eigenvalue weighted by Gasteiger charge is 2.17. The van der Waals surface area contributed by atoms with Gasteiger partial charge < -0.3 is 0 Å². The highest BCUT2D eigenvalue weighted by molar-refractivity contribution is 6.29. The molecular formula is C13H9ClN6. The molecule has 0 saturated carbocycles. The number of halogens is 1. The third-order valence-electron chi connectivity index (χ3n) is 3.24. The van der Waals surface area contributed by atoms with Crippen LogP contribution in [0.15, 0.2) is 36.7 Å². The van der Waals surface area contributed by atoms with E-state index in [-0.39, 0.29) is 0 Å². The summed E-state index contributed by atoms with van der Waals surface area (Å²) >= 11 is 6.20. The molecule has 0 N–H and O–H groups in total. The van der Waals surface area contributed by atoms with Gasteiger partial charge in [0, 0.05) is 12.4 Å². The van der Waals surface area contributed by atoms with Crippen LogP contribution >= 0.6 is 11.6 Å². The monoisotopic (exact) mass is 284 g/mol. The lowest BCUT2D eigenvalue weighted by molar-refractivity contribution is 0.797. The minimum absolute atomic E-state index is 0.456. The number of fused-ring (bicyclic) bond motifs is 2. The van der Waals surface area contributed by atoms with Gasteiger partial charge in [0.05, 0.1) is 17.9 Å². The largest absolute Gasteiger partial charge is 0.267 e. The molecule has 20 heavy (non-hydrogen) atoms. The van der Waals surface area contributed by atoms with Crippen molar-refractivity contribution in [2.75, 3.05) is 0 Å². The fourth-order valence-corrected chi connectivity index (χ4v) is 2.57. The molecule has 0 aliphatic rings. The quantitative estimate of drug-likeness (QED) is 0.538. The fraction of sp³-hybridized carbons (Fsp3) is 0.0769. The molecule has 3 heterocycles.